The molecule has 0 aliphatic heterocycles. The number of hydrogen-bond donors (Lipinski definition) is 1. The van der Waals surface area contributed by atoms with Crippen molar-refractivity contribution in [2.45, 2.75) is 26.3 Å². The van der Waals surface area contributed by atoms with Gasteiger partial charge in [0.25, 0.3) is 0 Å². The van der Waals surface area contributed by atoms with Crippen molar-refractivity contribution in [1.29, 1.82) is 0 Å². The van der Waals surface area contributed by atoms with Gasteiger partial charge < -0.3 is 19.5 Å². The second-order valence-corrected chi connectivity index (χ2v) is 7.05. The molecule has 7 heteroatoms. The van der Waals surface area contributed by atoms with Crippen LogP contribution in [0.5, 0.6) is 11.5 Å². The van der Waals surface area contributed by atoms with Gasteiger partial charge in [0.15, 0.2) is 6.61 Å². The second-order valence-electron chi connectivity index (χ2n) is 7.05. The van der Waals surface area contributed by atoms with Gasteiger partial charge in [0.05, 0.1) is 26.2 Å². The number of methoxy groups -OCH3 is 2. The standard InChI is InChI=1S/C23H27NO6/c1-15(2)22(24-21(26)12-16-8-6-5-7-9-16)23(27)30-14-19(25)18-11-10-17(28-3)13-20(18)29-4/h5-11,13,15,22H,12,14H2,1-4H3,(H,24,26). The molecule has 7 nitrogen and oxygen atoms in total. The smallest absolute Gasteiger partial charge is 0.329 e. The Hall–Kier alpha value is -3.35. The first kappa shape index (κ1) is 22.9. The van der Waals surface area contributed by atoms with Crippen molar-refractivity contribution < 1.29 is 28.6 Å². The molecule has 160 valence electrons. The molecule has 0 saturated heterocycles. The summed E-state index contributed by atoms with van der Waals surface area (Å²) in [7, 11) is 2.95. The summed E-state index contributed by atoms with van der Waals surface area (Å²) in [6.45, 7) is 3.13. The minimum atomic E-state index is -0.855. The second kappa shape index (κ2) is 11.0. The summed E-state index contributed by atoms with van der Waals surface area (Å²) in [6, 6.07) is 13.1. The number of nitrogens with one attached hydrogen (secondary N) is 1. The Morgan fingerprint density at radius 2 is 1.67 bits per heavy atom. The summed E-state index contributed by atoms with van der Waals surface area (Å²) in [5.41, 5.74) is 1.12. The highest BCUT2D eigenvalue weighted by molar-refractivity contribution is 6.00. The zero-order chi connectivity index (χ0) is 22.1. The van der Waals surface area contributed by atoms with Crippen molar-refractivity contribution in [3.63, 3.8) is 0 Å². The lowest BCUT2D eigenvalue weighted by Crippen LogP contribution is -2.46. The highest BCUT2D eigenvalue weighted by Gasteiger charge is 2.27. The summed E-state index contributed by atoms with van der Waals surface area (Å²) in [4.78, 5) is 37.3. The summed E-state index contributed by atoms with van der Waals surface area (Å²) < 4.78 is 15.5. The van der Waals surface area contributed by atoms with Gasteiger partial charge >= 0.3 is 5.97 Å². The average molecular weight is 413 g/mol. The first-order chi connectivity index (χ1) is 14.3. The number of benzene rings is 2. The van der Waals surface area contributed by atoms with E-state index in [0.717, 1.165) is 5.56 Å². The van der Waals surface area contributed by atoms with Crippen molar-refractivity contribution in [2.75, 3.05) is 20.8 Å². The number of esters is 1. The summed E-state index contributed by atoms with van der Waals surface area (Å²) >= 11 is 0. The first-order valence-electron chi connectivity index (χ1n) is 9.60. The Labute approximate surface area is 176 Å². The molecule has 1 unspecified atom stereocenters. The predicted molar refractivity (Wildman–Crippen MR) is 112 cm³/mol. The van der Waals surface area contributed by atoms with E-state index in [-0.39, 0.29) is 23.8 Å². The Bertz CT molecular complexity index is 879. The van der Waals surface area contributed by atoms with Gasteiger partial charge in [-0.05, 0) is 23.6 Å². The molecule has 0 aliphatic rings. The lowest BCUT2D eigenvalue weighted by Gasteiger charge is -2.21. The zero-order valence-electron chi connectivity index (χ0n) is 17.6. The van der Waals surface area contributed by atoms with Crippen LogP contribution in [0.25, 0.3) is 0 Å². The number of carbonyl (C=O) groups excluding carboxylic acids is 3. The fourth-order valence-corrected chi connectivity index (χ4v) is 2.84. The van der Waals surface area contributed by atoms with E-state index in [1.165, 1.54) is 14.2 Å². The van der Waals surface area contributed by atoms with Crippen LogP contribution in [0, 0.1) is 5.92 Å². The van der Waals surface area contributed by atoms with Crippen LogP contribution in [0.3, 0.4) is 0 Å². The predicted octanol–water partition coefficient (Wildman–Crippen LogP) is 2.81. The molecule has 1 N–H and O–H groups in total. The van der Waals surface area contributed by atoms with Crippen molar-refractivity contribution in [3.8, 4) is 11.5 Å². The van der Waals surface area contributed by atoms with Crippen molar-refractivity contribution in [2.24, 2.45) is 5.92 Å². The molecule has 30 heavy (non-hydrogen) atoms. The number of carbonyl (C=O) groups is 3. The van der Waals surface area contributed by atoms with E-state index in [4.69, 9.17) is 14.2 Å². The van der Waals surface area contributed by atoms with Crippen LogP contribution in [0.15, 0.2) is 48.5 Å². The van der Waals surface area contributed by atoms with Gasteiger partial charge in [0.2, 0.25) is 11.7 Å². The molecule has 0 spiro atoms. The number of Topliss-reactive ketones (excluding diaryl/α,β-unsaturated/α-hetero) is 1. The minimum absolute atomic E-state index is 0.152. The Kier molecular flexibility index (Phi) is 8.41. The lowest BCUT2D eigenvalue weighted by atomic mass is 10.0. The third kappa shape index (κ3) is 6.34. The van der Waals surface area contributed by atoms with Gasteiger partial charge in [-0.25, -0.2) is 4.79 Å². The van der Waals surface area contributed by atoms with E-state index in [2.05, 4.69) is 5.32 Å². The van der Waals surface area contributed by atoms with Gasteiger partial charge in [-0.2, -0.15) is 0 Å². The van der Waals surface area contributed by atoms with E-state index >= 15 is 0 Å². The van der Waals surface area contributed by atoms with Crippen LogP contribution in [0.4, 0.5) is 0 Å². The molecular weight excluding hydrogens is 386 g/mol. The van der Waals surface area contributed by atoms with Crippen molar-refractivity contribution in [3.05, 3.63) is 59.7 Å². The molecule has 2 aromatic rings. The largest absolute Gasteiger partial charge is 0.497 e. The van der Waals surface area contributed by atoms with Crippen LogP contribution in [0.2, 0.25) is 0 Å². The van der Waals surface area contributed by atoms with Crippen molar-refractivity contribution >= 4 is 17.7 Å². The van der Waals surface area contributed by atoms with Gasteiger partial charge in [0, 0.05) is 6.07 Å². The van der Waals surface area contributed by atoms with E-state index < -0.39 is 24.4 Å². The maximum atomic E-state index is 12.5. The molecule has 0 radical (unpaired) electrons. The average Bonchev–Trinajstić information content (AvgIpc) is 2.75. The van der Waals surface area contributed by atoms with E-state index in [9.17, 15) is 14.4 Å². The van der Waals surface area contributed by atoms with Crippen molar-refractivity contribution in [1.82, 2.24) is 5.32 Å². The molecule has 2 aromatic carbocycles. The van der Waals surface area contributed by atoms with E-state index in [1.54, 1.807) is 32.0 Å². The third-order valence-electron chi connectivity index (χ3n) is 4.50. The summed E-state index contributed by atoms with van der Waals surface area (Å²) in [5.74, 6) is -0.704. The highest BCUT2D eigenvalue weighted by Crippen LogP contribution is 2.25. The fraction of sp³-hybridized carbons (Fsp3) is 0.348. The molecule has 1 atom stereocenters. The van der Waals surface area contributed by atoms with Crippen LogP contribution in [-0.2, 0) is 20.7 Å². The quantitative estimate of drug-likeness (QED) is 0.476. The van der Waals surface area contributed by atoms with Crippen LogP contribution in [-0.4, -0.2) is 44.5 Å². The number of hydrogen-bond acceptors (Lipinski definition) is 6. The van der Waals surface area contributed by atoms with Crippen LogP contribution in [0.1, 0.15) is 29.8 Å². The molecule has 0 aliphatic carbocycles. The highest BCUT2D eigenvalue weighted by atomic mass is 16.5. The molecule has 0 saturated carbocycles. The fourth-order valence-electron chi connectivity index (χ4n) is 2.84. The molecule has 0 heterocycles. The summed E-state index contributed by atoms with van der Waals surface area (Å²) in [6.07, 6.45) is 0.152. The Morgan fingerprint density at radius 1 is 0.967 bits per heavy atom. The maximum absolute atomic E-state index is 12.5. The lowest BCUT2D eigenvalue weighted by molar-refractivity contribution is -0.148. The normalized spacial score (nSPS) is 11.5. The Morgan fingerprint density at radius 3 is 2.27 bits per heavy atom. The maximum Gasteiger partial charge on any atom is 0.329 e. The number of rotatable bonds is 10. The number of ether oxygens (including phenoxy) is 3. The van der Waals surface area contributed by atoms with E-state index in [1.807, 2.05) is 30.3 Å². The summed E-state index contributed by atoms with van der Waals surface area (Å²) in [5, 5.41) is 2.70. The monoisotopic (exact) mass is 413 g/mol. The topological polar surface area (TPSA) is 90.9 Å². The molecule has 0 fully saturated rings. The van der Waals surface area contributed by atoms with Gasteiger partial charge in [-0.3, -0.25) is 9.59 Å². The number of amides is 1. The number of ketones is 1. The first-order valence-corrected chi connectivity index (χ1v) is 9.60. The zero-order valence-corrected chi connectivity index (χ0v) is 17.6. The van der Waals surface area contributed by atoms with Gasteiger partial charge in [-0.1, -0.05) is 44.2 Å². The van der Waals surface area contributed by atoms with Gasteiger partial charge in [0.1, 0.15) is 17.5 Å². The molecule has 0 aromatic heterocycles. The van der Waals surface area contributed by atoms with Crippen LogP contribution >= 0.6 is 0 Å². The molecule has 0 bridgehead atoms. The van der Waals surface area contributed by atoms with E-state index in [0.29, 0.717) is 11.5 Å². The van der Waals surface area contributed by atoms with Gasteiger partial charge in [-0.15, -0.1) is 0 Å². The SMILES string of the molecule is COc1ccc(C(=O)COC(=O)C(NC(=O)Cc2ccccc2)C(C)C)c(OC)c1. The minimum Gasteiger partial charge on any atom is -0.497 e. The molecule has 1 amide bonds. The molecule has 2 rings (SSSR count). The Balaban J connectivity index is 1.98. The third-order valence-corrected chi connectivity index (χ3v) is 4.50. The van der Waals surface area contributed by atoms with Crippen LogP contribution < -0.4 is 14.8 Å². The molecular formula is C23H27NO6.